The molecule has 140 valence electrons. The molecule has 1 saturated carbocycles. The van der Waals surface area contributed by atoms with E-state index in [1.54, 1.807) is 5.32 Å². The van der Waals surface area contributed by atoms with Gasteiger partial charge in [0.25, 0.3) is 11.6 Å². The van der Waals surface area contributed by atoms with Crippen molar-refractivity contribution >= 4 is 5.91 Å². The largest absolute Gasteiger partial charge is 0.434 e. The van der Waals surface area contributed by atoms with Crippen LogP contribution in [-0.4, -0.2) is 30.0 Å². The van der Waals surface area contributed by atoms with E-state index in [0.717, 1.165) is 18.6 Å². The summed E-state index contributed by atoms with van der Waals surface area (Å²) in [6, 6.07) is 5.52. The van der Waals surface area contributed by atoms with Crippen LogP contribution in [0, 0.1) is 0 Å². The second-order valence-corrected chi connectivity index (χ2v) is 6.04. The lowest BCUT2D eigenvalue weighted by Crippen LogP contribution is -2.77. The van der Waals surface area contributed by atoms with Crippen LogP contribution in [-0.2, 0) is 0 Å². The number of alkyl halides is 6. The first-order valence-corrected chi connectivity index (χ1v) is 7.85. The minimum Gasteiger partial charge on any atom is -0.319 e. The molecule has 1 aliphatic carbocycles. The fourth-order valence-corrected chi connectivity index (χ4v) is 2.89. The van der Waals surface area contributed by atoms with Gasteiger partial charge in [0.1, 0.15) is 0 Å². The zero-order chi connectivity index (χ0) is 18.7. The molecule has 1 fully saturated rings. The SMILES string of the molecule is O=C(NC(NC1CCCCC1)(C(F)(F)F)C(F)(F)F)c1ccccc1. The number of hydrogen-bond acceptors (Lipinski definition) is 2. The molecule has 0 bridgehead atoms. The summed E-state index contributed by atoms with van der Waals surface area (Å²) in [6.07, 6.45) is -9.30. The van der Waals surface area contributed by atoms with Gasteiger partial charge in [-0.05, 0) is 25.0 Å². The third-order valence-corrected chi connectivity index (χ3v) is 4.21. The summed E-state index contributed by atoms with van der Waals surface area (Å²) < 4.78 is 81.0. The summed E-state index contributed by atoms with van der Waals surface area (Å²) in [5.74, 6) is -1.45. The number of carbonyl (C=O) groups excluding carboxylic acids is 1. The molecule has 1 aromatic rings. The molecule has 25 heavy (non-hydrogen) atoms. The molecular weight excluding hydrogens is 350 g/mol. The maximum Gasteiger partial charge on any atom is 0.434 e. The van der Waals surface area contributed by atoms with Crippen LogP contribution in [0.1, 0.15) is 42.5 Å². The summed E-state index contributed by atoms with van der Waals surface area (Å²) >= 11 is 0. The van der Waals surface area contributed by atoms with Gasteiger partial charge in [-0.15, -0.1) is 0 Å². The predicted octanol–water partition coefficient (Wildman–Crippen LogP) is 4.16. The van der Waals surface area contributed by atoms with Gasteiger partial charge >= 0.3 is 12.4 Å². The van der Waals surface area contributed by atoms with Gasteiger partial charge in [0.05, 0.1) is 0 Å². The first-order chi connectivity index (χ1) is 11.6. The minimum atomic E-state index is -5.76. The van der Waals surface area contributed by atoms with E-state index in [-0.39, 0.29) is 18.4 Å². The number of rotatable bonds is 4. The van der Waals surface area contributed by atoms with E-state index >= 15 is 0 Å². The van der Waals surface area contributed by atoms with E-state index in [0.29, 0.717) is 12.8 Å². The third-order valence-electron chi connectivity index (χ3n) is 4.21. The fraction of sp³-hybridized carbons (Fsp3) is 0.562. The summed E-state index contributed by atoms with van der Waals surface area (Å²) in [6.45, 7) is 0. The van der Waals surface area contributed by atoms with Crippen molar-refractivity contribution < 1.29 is 31.1 Å². The van der Waals surface area contributed by atoms with Crippen LogP contribution in [0.25, 0.3) is 0 Å². The second kappa shape index (κ2) is 7.23. The average molecular weight is 368 g/mol. The molecule has 0 spiro atoms. The lowest BCUT2D eigenvalue weighted by Gasteiger charge is -2.41. The van der Waals surface area contributed by atoms with Crippen molar-refractivity contribution in [3.8, 4) is 0 Å². The Bertz CT molecular complexity index is 565. The van der Waals surface area contributed by atoms with Gasteiger partial charge in [0.15, 0.2) is 0 Å². The molecule has 3 nitrogen and oxygen atoms in total. The van der Waals surface area contributed by atoms with Gasteiger partial charge in [0, 0.05) is 11.6 Å². The van der Waals surface area contributed by atoms with Crippen LogP contribution in [0.5, 0.6) is 0 Å². The highest BCUT2D eigenvalue weighted by Crippen LogP contribution is 2.42. The Morgan fingerprint density at radius 3 is 1.88 bits per heavy atom. The van der Waals surface area contributed by atoms with E-state index in [4.69, 9.17) is 0 Å². The zero-order valence-corrected chi connectivity index (χ0v) is 13.2. The molecule has 1 aliphatic rings. The molecular formula is C16H18F6N2O. The lowest BCUT2D eigenvalue weighted by molar-refractivity contribution is -0.316. The maximum atomic E-state index is 13.5. The smallest absolute Gasteiger partial charge is 0.319 e. The highest BCUT2D eigenvalue weighted by molar-refractivity contribution is 5.94. The van der Waals surface area contributed by atoms with Crippen molar-refractivity contribution in [2.24, 2.45) is 0 Å². The maximum absolute atomic E-state index is 13.5. The molecule has 0 unspecified atom stereocenters. The first-order valence-electron chi connectivity index (χ1n) is 7.85. The van der Waals surface area contributed by atoms with E-state index in [2.05, 4.69) is 0 Å². The summed E-state index contributed by atoms with van der Waals surface area (Å²) in [5.41, 5.74) is -4.78. The van der Waals surface area contributed by atoms with Crippen molar-refractivity contribution in [1.29, 1.82) is 0 Å². The number of benzene rings is 1. The third kappa shape index (κ3) is 4.26. The van der Waals surface area contributed by atoms with E-state index in [9.17, 15) is 31.1 Å². The summed E-state index contributed by atoms with van der Waals surface area (Å²) in [7, 11) is 0. The molecule has 1 amide bonds. The molecule has 9 heteroatoms. The van der Waals surface area contributed by atoms with Gasteiger partial charge in [-0.1, -0.05) is 37.5 Å². The average Bonchev–Trinajstić information content (AvgIpc) is 2.54. The molecule has 2 rings (SSSR count). The van der Waals surface area contributed by atoms with Crippen LogP contribution in [0.15, 0.2) is 30.3 Å². The Morgan fingerprint density at radius 2 is 1.40 bits per heavy atom. The molecule has 0 aliphatic heterocycles. The van der Waals surface area contributed by atoms with Crippen LogP contribution in [0.2, 0.25) is 0 Å². The van der Waals surface area contributed by atoms with E-state index in [1.165, 1.54) is 23.5 Å². The molecule has 2 N–H and O–H groups in total. The van der Waals surface area contributed by atoms with Crippen molar-refractivity contribution in [3.63, 3.8) is 0 Å². The lowest BCUT2D eigenvalue weighted by atomic mass is 9.93. The first kappa shape index (κ1) is 19.6. The van der Waals surface area contributed by atoms with Crippen molar-refractivity contribution in [1.82, 2.24) is 10.6 Å². The van der Waals surface area contributed by atoms with Crippen molar-refractivity contribution in [2.75, 3.05) is 0 Å². The Kier molecular flexibility index (Phi) is 5.65. The minimum absolute atomic E-state index is 0.190. The van der Waals surface area contributed by atoms with Gasteiger partial charge in [-0.3, -0.25) is 10.1 Å². The summed E-state index contributed by atoms with van der Waals surface area (Å²) in [5, 5.41) is 2.84. The normalized spacial score (nSPS) is 17.4. The van der Waals surface area contributed by atoms with Crippen molar-refractivity contribution in [2.45, 2.75) is 56.2 Å². The number of halogens is 6. The van der Waals surface area contributed by atoms with Crippen LogP contribution >= 0.6 is 0 Å². The van der Waals surface area contributed by atoms with E-state index < -0.39 is 30.0 Å². The zero-order valence-electron chi connectivity index (χ0n) is 13.2. The molecule has 0 heterocycles. The predicted molar refractivity (Wildman–Crippen MR) is 78.8 cm³/mol. The Morgan fingerprint density at radius 1 is 0.880 bits per heavy atom. The Balaban J connectivity index is 2.37. The monoisotopic (exact) mass is 368 g/mol. The second-order valence-electron chi connectivity index (χ2n) is 6.04. The van der Waals surface area contributed by atoms with Gasteiger partial charge < -0.3 is 5.32 Å². The Labute approximate surface area is 140 Å². The number of amides is 1. The molecule has 1 aromatic carbocycles. The van der Waals surface area contributed by atoms with Gasteiger partial charge in [-0.25, -0.2) is 0 Å². The number of nitrogens with one attached hydrogen (secondary N) is 2. The van der Waals surface area contributed by atoms with Crippen LogP contribution in [0.4, 0.5) is 26.3 Å². The highest BCUT2D eigenvalue weighted by atomic mass is 19.4. The molecule has 0 aromatic heterocycles. The Hall–Kier alpha value is -1.77. The highest BCUT2D eigenvalue weighted by Gasteiger charge is 2.72. The number of hydrogen-bond donors (Lipinski definition) is 2. The van der Waals surface area contributed by atoms with Crippen LogP contribution in [0.3, 0.4) is 0 Å². The molecule has 0 atom stereocenters. The quantitative estimate of drug-likeness (QED) is 0.619. The molecule has 0 saturated heterocycles. The standard InChI is InChI=1S/C16H18F6N2O/c17-15(18,19)14(16(20,21)22,23-12-9-5-2-6-10-12)24-13(25)11-7-3-1-4-8-11/h1,3-4,7-8,12,23H,2,5-6,9-10H2,(H,24,25). The van der Waals surface area contributed by atoms with Crippen molar-refractivity contribution in [3.05, 3.63) is 35.9 Å². The van der Waals surface area contributed by atoms with Crippen LogP contribution < -0.4 is 10.6 Å². The molecule has 0 radical (unpaired) electrons. The fourth-order valence-electron chi connectivity index (χ4n) is 2.89. The van der Waals surface area contributed by atoms with E-state index in [1.807, 2.05) is 0 Å². The number of carbonyl (C=O) groups is 1. The van der Waals surface area contributed by atoms with Gasteiger partial charge in [-0.2, -0.15) is 26.3 Å². The summed E-state index contributed by atoms with van der Waals surface area (Å²) in [4.78, 5) is 12.0. The van der Waals surface area contributed by atoms with Gasteiger partial charge in [0.2, 0.25) is 0 Å². The topological polar surface area (TPSA) is 41.1 Å².